The maximum Gasteiger partial charge on any atom is 0.0518 e. The molecule has 0 fully saturated rings. The molecule has 0 aromatic carbocycles. The zero-order valence-electron chi connectivity index (χ0n) is 11.8. The van der Waals surface area contributed by atoms with Gasteiger partial charge in [0.15, 0.2) is 0 Å². The first kappa shape index (κ1) is 15.9. The SMILES string of the molecule is CC(C)OCCCNCCCN(C)C(C)C. The Morgan fingerprint density at radius 2 is 1.69 bits per heavy atom. The number of ether oxygens (including phenoxy) is 1. The van der Waals surface area contributed by atoms with E-state index in [2.05, 4.69) is 45.0 Å². The van der Waals surface area contributed by atoms with E-state index in [4.69, 9.17) is 4.74 Å². The van der Waals surface area contributed by atoms with Gasteiger partial charge in [0.05, 0.1) is 6.10 Å². The van der Waals surface area contributed by atoms with Crippen LogP contribution in [0.2, 0.25) is 0 Å². The summed E-state index contributed by atoms with van der Waals surface area (Å²) in [5, 5.41) is 3.45. The van der Waals surface area contributed by atoms with Crippen LogP contribution in [0.25, 0.3) is 0 Å². The summed E-state index contributed by atoms with van der Waals surface area (Å²) in [6, 6.07) is 0.652. The van der Waals surface area contributed by atoms with Crippen LogP contribution in [0.5, 0.6) is 0 Å². The molecule has 3 heteroatoms. The van der Waals surface area contributed by atoms with Crippen molar-refractivity contribution in [3.63, 3.8) is 0 Å². The Kier molecular flexibility index (Phi) is 9.99. The van der Waals surface area contributed by atoms with E-state index in [1.165, 1.54) is 13.0 Å². The molecule has 0 spiro atoms. The smallest absolute Gasteiger partial charge is 0.0518 e. The maximum atomic E-state index is 5.47. The molecule has 0 aromatic heterocycles. The number of nitrogens with zero attached hydrogens (tertiary/aromatic N) is 1. The minimum absolute atomic E-state index is 0.361. The maximum absolute atomic E-state index is 5.47. The molecular formula is C13H30N2O. The van der Waals surface area contributed by atoms with E-state index >= 15 is 0 Å². The lowest BCUT2D eigenvalue weighted by atomic mass is 10.3. The lowest BCUT2D eigenvalue weighted by Crippen LogP contribution is -2.29. The van der Waals surface area contributed by atoms with Gasteiger partial charge in [-0.25, -0.2) is 0 Å². The summed E-state index contributed by atoms with van der Waals surface area (Å²) >= 11 is 0. The average molecular weight is 230 g/mol. The van der Waals surface area contributed by atoms with Crippen molar-refractivity contribution >= 4 is 0 Å². The van der Waals surface area contributed by atoms with Crippen molar-refractivity contribution < 1.29 is 4.74 Å². The second-order valence-electron chi connectivity index (χ2n) is 4.95. The summed E-state index contributed by atoms with van der Waals surface area (Å²) in [7, 11) is 2.18. The van der Waals surface area contributed by atoms with Crippen molar-refractivity contribution in [3.05, 3.63) is 0 Å². The van der Waals surface area contributed by atoms with Crippen molar-refractivity contribution in [2.75, 3.05) is 33.3 Å². The van der Waals surface area contributed by atoms with Crippen LogP contribution in [0, 0.1) is 0 Å². The summed E-state index contributed by atoms with van der Waals surface area (Å²) in [5.74, 6) is 0. The highest BCUT2D eigenvalue weighted by Crippen LogP contribution is 1.94. The Labute approximate surface area is 102 Å². The predicted molar refractivity (Wildman–Crippen MR) is 71.0 cm³/mol. The Balaban J connectivity index is 3.10. The molecule has 0 aliphatic rings. The summed E-state index contributed by atoms with van der Waals surface area (Å²) in [6.45, 7) is 12.8. The molecule has 3 nitrogen and oxygen atoms in total. The second-order valence-corrected chi connectivity index (χ2v) is 4.95. The molecule has 0 saturated carbocycles. The minimum Gasteiger partial charge on any atom is -0.379 e. The van der Waals surface area contributed by atoms with Crippen LogP contribution in [-0.4, -0.2) is 50.3 Å². The molecule has 0 heterocycles. The van der Waals surface area contributed by atoms with E-state index in [-0.39, 0.29) is 0 Å². The molecule has 0 saturated heterocycles. The van der Waals surface area contributed by atoms with Crippen LogP contribution in [0.15, 0.2) is 0 Å². The Morgan fingerprint density at radius 3 is 2.25 bits per heavy atom. The van der Waals surface area contributed by atoms with Crippen LogP contribution in [0.4, 0.5) is 0 Å². The van der Waals surface area contributed by atoms with Crippen molar-refractivity contribution in [2.24, 2.45) is 0 Å². The van der Waals surface area contributed by atoms with Gasteiger partial charge in [-0.05, 0) is 67.2 Å². The van der Waals surface area contributed by atoms with Crippen LogP contribution in [0.1, 0.15) is 40.5 Å². The van der Waals surface area contributed by atoms with Gasteiger partial charge in [-0.3, -0.25) is 0 Å². The zero-order chi connectivity index (χ0) is 12.4. The molecule has 0 bridgehead atoms. The van der Waals surface area contributed by atoms with Crippen molar-refractivity contribution in [1.29, 1.82) is 0 Å². The molecule has 0 aliphatic heterocycles. The highest BCUT2D eigenvalue weighted by atomic mass is 16.5. The normalized spacial score (nSPS) is 12.0. The summed E-state index contributed by atoms with van der Waals surface area (Å²) in [5.41, 5.74) is 0. The van der Waals surface area contributed by atoms with E-state index in [9.17, 15) is 0 Å². The number of rotatable bonds is 10. The predicted octanol–water partition coefficient (Wildman–Crippen LogP) is 2.12. The summed E-state index contributed by atoms with van der Waals surface area (Å²) in [6.07, 6.45) is 2.69. The molecule has 0 amide bonds. The zero-order valence-corrected chi connectivity index (χ0v) is 11.8. The summed E-state index contributed by atoms with van der Waals surface area (Å²) in [4.78, 5) is 2.38. The highest BCUT2D eigenvalue weighted by Gasteiger charge is 2.01. The van der Waals surface area contributed by atoms with Gasteiger partial charge in [-0.1, -0.05) is 0 Å². The third kappa shape index (κ3) is 10.4. The fourth-order valence-corrected chi connectivity index (χ4v) is 1.35. The van der Waals surface area contributed by atoms with Crippen molar-refractivity contribution in [2.45, 2.75) is 52.7 Å². The number of hydrogen-bond donors (Lipinski definition) is 1. The largest absolute Gasteiger partial charge is 0.379 e. The first-order chi connectivity index (χ1) is 7.54. The molecule has 98 valence electrons. The third-order valence-corrected chi connectivity index (χ3v) is 2.69. The fraction of sp³-hybridized carbons (Fsp3) is 1.00. The first-order valence-electron chi connectivity index (χ1n) is 6.56. The topological polar surface area (TPSA) is 24.5 Å². The van der Waals surface area contributed by atoms with Gasteiger partial charge in [0, 0.05) is 12.6 Å². The van der Waals surface area contributed by atoms with Gasteiger partial charge in [-0.2, -0.15) is 0 Å². The van der Waals surface area contributed by atoms with Gasteiger partial charge >= 0.3 is 0 Å². The third-order valence-electron chi connectivity index (χ3n) is 2.69. The van der Waals surface area contributed by atoms with E-state index in [1.54, 1.807) is 0 Å². The molecule has 0 atom stereocenters. The Bertz CT molecular complexity index is 149. The second kappa shape index (κ2) is 10.1. The monoisotopic (exact) mass is 230 g/mol. The molecule has 0 radical (unpaired) electrons. The Hall–Kier alpha value is -0.120. The van der Waals surface area contributed by atoms with Crippen LogP contribution < -0.4 is 5.32 Å². The minimum atomic E-state index is 0.361. The Morgan fingerprint density at radius 1 is 1.06 bits per heavy atom. The molecule has 16 heavy (non-hydrogen) atoms. The van der Waals surface area contributed by atoms with E-state index < -0.39 is 0 Å². The standard InChI is InChI=1S/C13H30N2O/c1-12(2)15(5)10-6-8-14-9-7-11-16-13(3)4/h12-14H,6-11H2,1-5H3. The number of hydrogen-bond acceptors (Lipinski definition) is 3. The lowest BCUT2D eigenvalue weighted by Gasteiger charge is -2.20. The van der Waals surface area contributed by atoms with Crippen LogP contribution in [0.3, 0.4) is 0 Å². The molecule has 1 N–H and O–H groups in total. The van der Waals surface area contributed by atoms with Crippen molar-refractivity contribution in [3.8, 4) is 0 Å². The van der Waals surface area contributed by atoms with Gasteiger partial charge < -0.3 is 15.0 Å². The first-order valence-corrected chi connectivity index (χ1v) is 6.56. The van der Waals surface area contributed by atoms with E-state index in [0.717, 1.165) is 26.1 Å². The van der Waals surface area contributed by atoms with Gasteiger partial charge in [0.2, 0.25) is 0 Å². The fourth-order valence-electron chi connectivity index (χ4n) is 1.35. The average Bonchev–Trinajstić information content (AvgIpc) is 2.21. The van der Waals surface area contributed by atoms with Crippen LogP contribution >= 0.6 is 0 Å². The molecule has 0 unspecified atom stereocenters. The lowest BCUT2D eigenvalue weighted by molar-refractivity contribution is 0.0771. The molecule has 0 aromatic rings. The summed E-state index contributed by atoms with van der Waals surface area (Å²) < 4.78 is 5.47. The van der Waals surface area contributed by atoms with E-state index in [0.29, 0.717) is 12.1 Å². The van der Waals surface area contributed by atoms with Gasteiger partial charge in [0.25, 0.3) is 0 Å². The number of nitrogens with one attached hydrogen (secondary N) is 1. The molecule has 0 aliphatic carbocycles. The van der Waals surface area contributed by atoms with Crippen molar-refractivity contribution in [1.82, 2.24) is 10.2 Å². The van der Waals surface area contributed by atoms with Crippen LogP contribution in [-0.2, 0) is 4.74 Å². The van der Waals surface area contributed by atoms with Gasteiger partial charge in [0.1, 0.15) is 0 Å². The molecule has 0 rings (SSSR count). The van der Waals surface area contributed by atoms with E-state index in [1.807, 2.05) is 0 Å². The highest BCUT2D eigenvalue weighted by molar-refractivity contribution is 4.58. The molecular weight excluding hydrogens is 200 g/mol. The van der Waals surface area contributed by atoms with Gasteiger partial charge in [-0.15, -0.1) is 0 Å². The quantitative estimate of drug-likeness (QED) is 0.582.